The Bertz CT molecular complexity index is 644. The minimum Gasteiger partial charge on any atom is -0.448 e. The third-order valence-electron chi connectivity index (χ3n) is 4.67. The number of benzene rings is 1. The fourth-order valence-corrected chi connectivity index (χ4v) is 3.41. The first kappa shape index (κ1) is 15.8. The fourth-order valence-electron chi connectivity index (χ4n) is 3.41. The molecule has 4 nitrogen and oxygen atoms in total. The lowest BCUT2D eigenvalue weighted by Gasteiger charge is -2.48. The monoisotopic (exact) mass is 320 g/mol. The molecular weight excluding hydrogens is 302 g/mol. The van der Waals surface area contributed by atoms with E-state index in [0.717, 1.165) is 38.1 Å². The van der Waals surface area contributed by atoms with Gasteiger partial charge >= 0.3 is 6.09 Å². The molecule has 122 valence electrons. The van der Waals surface area contributed by atoms with Crippen molar-refractivity contribution in [2.45, 2.75) is 18.9 Å². The maximum absolute atomic E-state index is 13.5. The van der Waals surface area contributed by atoms with Gasteiger partial charge in [0.15, 0.2) is 0 Å². The van der Waals surface area contributed by atoms with Gasteiger partial charge in [-0.1, -0.05) is 0 Å². The van der Waals surface area contributed by atoms with Crippen molar-refractivity contribution in [3.63, 3.8) is 0 Å². The number of fused-ring (bicyclic) bond motifs is 3. The first-order valence-electron chi connectivity index (χ1n) is 7.66. The van der Waals surface area contributed by atoms with Gasteiger partial charge in [-0.3, -0.25) is 10.2 Å². The summed E-state index contributed by atoms with van der Waals surface area (Å²) in [5, 5.41) is 2.29. The van der Waals surface area contributed by atoms with Gasteiger partial charge in [-0.05, 0) is 37.4 Å². The van der Waals surface area contributed by atoms with Crippen LogP contribution in [0.5, 0.6) is 0 Å². The molecule has 3 aliphatic rings. The van der Waals surface area contributed by atoms with Gasteiger partial charge in [0.1, 0.15) is 18.2 Å². The Hall–Kier alpha value is -2.13. The Morgan fingerprint density at radius 2 is 2.30 bits per heavy atom. The summed E-state index contributed by atoms with van der Waals surface area (Å²) in [5.74, 6) is 2.06. The Morgan fingerprint density at radius 3 is 2.96 bits per heavy atom. The summed E-state index contributed by atoms with van der Waals surface area (Å²) >= 11 is 0. The molecule has 3 heterocycles. The molecule has 1 aromatic rings. The zero-order valence-corrected chi connectivity index (χ0v) is 12.6. The lowest BCUT2D eigenvalue weighted by atomic mass is 9.76. The van der Waals surface area contributed by atoms with Crippen molar-refractivity contribution in [1.82, 2.24) is 4.90 Å². The van der Waals surface area contributed by atoms with Crippen LogP contribution in [0.25, 0.3) is 0 Å². The molecule has 3 saturated heterocycles. The molecule has 1 aromatic carbocycles. The van der Waals surface area contributed by atoms with Crippen LogP contribution in [0.2, 0.25) is 0 Å². The van der Waals surface area contributed by atoms with E-state index < -0.39 is 17.7 Å². The highest BCUT2D eigenvalue weighted by atomic mass is 19.1. The zero-order chi connectivity index (χ0) is 16.4. The van der Waals surface area contributed by atoms with Crippen molar-refractivity contribution in [1.29, 1.82) is 0 Å². The highest BCUT2D eigenvalue weighted by Crippen LogP contribution is 2.35. The van der Waals surface area contributed by atoms with E-state index in [1.165, 1.54) is 0 Å². The summed E-state index contributed by atoms with van der Waals surface area (Å²) in [6.45, 7) is 2.04. The van der Waals surface area contributed by atoms with Crippen LogP contribution in [0.1, 0.15) is 12.8 Å². The van der Waals surface area contributed by atoms with Crippen LogP contribution in [-0.4, -0.2) is 36.7 Å². The second-order valence-electron chi connectivity index (χ2n) is 6.05. The number of rotatable bonds is 3. The quantitative estimate of drug-likeness (QED) is 0.871. The Labute approximate surface area is 133 Å². The number of carbonyl (C=O) groups is 1. The molecule has 2 bridgehead atoms. The average Bonchev–Trinajstić information content (AvgIpc) is 2.56. The normalized spacial score (nSPS) is 28.9. The van der Waals surface area contributed by atoms with Crippen LogP contribution in [0.15, 0.2) is 18.2 Å². The third-order valence-corrected chi connectivity index (χ3v) is 4.67. The SMILES string of the molecule is C#CC1CN2CCC1CC2COC(=O)Nc1ccc(F)cc1F. The molecule has 4 rings (SSSR count). The smallest absolute Gasteiger partial charge is 0.411 e. The molecule has 4 unspecified atom stereocenters. The van der Waals surface area contributed by atoms with Gasteiger partial charge in [-0.15, -0.1) is 12.3 Å². The number of nitrogens with one attached hydrogen (secondary N) is 1. The highest BCUT2D eigenvalue weighted by molar-refractivity contribution is 5.84. The second kappa shape index (κ2) is 6.55. The molecule has 0 aromatic heterocycles. The largest absolute Gasteiger partial charge is 0.448 e. The van der Waals surface area contributed by atoms with Gasteiger partial charge in [-0.25, -0.2) is 13.6 Å². The second-order valence-corrected chi connectivity index (χ2v) is 6.05. The molecule has 3 fully saturated rings. The summed E-state index contributed by atoms with van der Waals surface area (Å²) < 4.78 is 31.5. The van der Waals surface area contributed by atoms with E-state index in [1.54, 1.807) is 0 Å². The maximum atomic E-state index is 13.5. The molecule has 23 heavy (non-hydrogen) atoms. The Balaban J connectivity index is 1.51. The number of piperidine rings is 3. The first-order chi connectivity index (χ1) is 11.1. The van der Waals surface area contributed by atoms with Gasteiger partial charge in [0, 0.05) is 24.6 Å². The fraction of sp³-hybridized carbons (Fsp3) is 0.471. The number of anilines is 1. The summed E-state index contributed by atoms with van der Waals surface area (Å²) in [6.07, 6.45) is 6.78. The van der Waals surface area contributed by atoms with Crippen LogP contribution < -0.4 is 5.32 Å². The van der Waals surface area contributed by atoms with E-state index in [4.69, 9.17) is 11.2 Å². The van der Waals surface area contributed by atoms with Gasteiger partial charge < -0.3 is 4.74 Å². The molecule has 3 aliphatic heterocycles. The van der Waals surface area contributed by atoms with E-state index in [-0.39, 0.29) is 24.3 Å². The van der Waals surface area contributed by atoms with Crippen molar-refractivity contribution < 1.29 is 18.3 Å². The minimum atomic E-state index is -0.834. The summed E-state index contributed by atoms with van der Waals surface area (Å²) in [4.78, 5) is 14.0. The molecular formula is C17H18F2N2O2. The van der Waals surface area contributed by atoms with Crippen LogP contribution in [-0.2, 0) is 4.74 Å². The highest BCUT2D eigenvalue weighted by Gasteiger charge is 2.39. The van der Waals surface area contributed by atoms with E-state index in [0.29, 0.717) is 12.0 Å². The van der Waals surface area contributed by atoms with Crippen molar-refractivity contribution in [3.05, 3.63) is 29.8 Å². The van der Waals surface area contributed by atoms with Crippen molar-refractivity contribution in [3.8, 4) is 12.3 Å². The molecule has 4 atom stereocenters. The standard InChI is InChI=1S/C17H18F2N2O2/c1-2-11-9-21-6-5-12(11)7-14(21)10-23-17(22)20-16-4-3-13(18)8-15(16)19/h1,3-4,8,11-12,14H,5-7,9-10H2,(H,20,22). The van der Waals surface area contributed by atoms with E-state index in [2.05, 4.69) is 16.1 Å². The number of terminal acetylenes is 1. The van der Waals surface area contributed by atoms with Gasteiger partial charge in [0.05, 0.1) is 5.69 Å². The van der Waals surface area contributed by atoms with Crippen molar-refractivity contribution in [2.75, 3.05) is 25.0 Å². The lowest BCUT2D eigenvalue weighted by Crippen LogP contribution is -2.54. The predicted molar refractivity (Wildman–Crippen MR) is 81.7 cm³/mol. The molecule has 6 heteroatoms. The van der Waals surface area contributed by atoms with E-state index in [1.807, 2.05) is 0 Å². The molecule has 1 N–H and O–H groups in total. The van der Waals surface area contributed by atoms with Crippen LogP contribution >= 0.6 is 0 Å². The van der Waals surface area contributed by atoms with Crippen LogP contribution in [0, 0.1) is 35.8 Å². The molecule has 1 amide bonds. The predicted octanol–water partition coefficient (Wildman–Crippen LogP) is 2.86. The maximum Gasteiger partial charge on any atom is 0.411 e. The number of hydrogen-bond donors (Lipinski definition) is 1. The average molecular weight is 320 g/mol. The van der Waals surface area contributed by atoms with E-state index in [9.17, 15) is 13.6 Å². The molecule has 0 saturated carbocycles. The summed E-state index contributed by atoms with van der Waals surface area (Å²) in [6, 6.07) is 3.10. The molecule has 0 radical (unpaired) electrons. The van der Waals surface area contributed by atoms with Crippen LogP contribution in [0.3, 0.4) is 0 Å². The van der Waals surface area contributed by atoms with Crippen molar-refractivity contribution >= 4 is 11.8 Å². The molecule has 0 spiro atoms. The summed E-state index contributed by atoms with van der Waals surface area (Å²) in [7, 11) is 0. The van der Waals surface area contributed by atoms with Crippen molar-refractivity contribution in [2.24, 2.45) is 11.8 Å². The number of amides is 1. The van der Waals surface area contributed by atoms with E-state index >= 15 is 0 Å². The minimum absolute atomic E-state index is 0.103. The molecule has 0 aliphatic carbocycles. The van der Waals surface area contributed by atoms with Gasteiger partial charge in [0.2, 0.25) is 0 Å². The van der Waals surface area contributed by atoms with Crippen LogP contribution in [0.4, 0.5) is 19.3 Å². The van der Waals surface area contributed by atoms with Gasteiger partial charge in [-0.2, -0.15) is 0 Å². The number of carbonyl (C=O) groups excluding carboxylic acids is 1. The lowest BCUT2D eigenvalue weighted by molar-refractivity contribution is -0.00666. The third kappa shape index (κ3) is 3.45. The Morgan fingerprint density at radius 1 is 1.48 bits per heavy atom. The number of halogens is 2. The number of ether oxygens (including phenoxy) is 1. The number of hydrogen-bond acceptors (Lipinski definition) is 3. The van der Waals surface area contributed by atoms with Gasteiger partial charge in [0.25, 0.3) is 0 Å². The Kier molecular flexibility index (Phi) is 4.49. The summed E-state index contributed by atoms with van der Waals surface area (Å²) in [5.41, 5.74) is -0.103. The zero-order valence-electron chi connectivity index (χ0n) is 12.6. The first-order valence-corrected chi connectivity index (χ1v) is 7.66. The number of nitrogens with zero attached hydrogens (tertiary/aromatic N) is 1. The topological polar surface area (TPSA) is 41.6 Å².